The van der Waals surface area contributed by atoms with Crippen LogP contribution in [0.3, 0.4) is 0 Å². The van der Waals surface area contributed by atoms with Gasteiger partial charge in [0.25, 0.3) is 5.91 Å². The number of ether oxygens (including phenoxy) is 1. The normalized spacial score (nSPS) is 10.6. The molecule has 6 nitrogen and oxygen atoms in total. The zero-order valence-electron chi connectivity index (χ0n) is 15.8. The van der Waals surface area contributed by atoms with E-state index < -0.39 is 0 Å². The Bertz CT molecular complexity index is 886. The third kappa shape index (κ3) is 4.94. The fraction of sp³-hybridized carbons (Fsp3) is 0.286. The van der Waals surface area contributed by atoms with Gasteiger partial charge in [0.15, 0.2) is 6.61 Å². The van der Waals surface area contributed by atoms with Crippen molar-refractivity contribution in [2.24, 2.45) is 0 Å². The van der Waals surface area contributed by atoms with Crippen LogP contribution in [0.1, 0.15) is 23.9 Å². The molecule has 1 aromatic heterocycles. The lowest BCUT2D eigenvalue weighted by molar-refractivity contribution is -0.134. The molecule has 0 bridgehead atoms. The van der Waals surface area contributed by atoms with Crippen molar-refractivity contribution in [3.05, 3.63) is 65.5 Å². The van der Waals surface area contributed by atoms with Crippen LogP contribution in [0.25, 0.3) is 11.4 Å². The molecule has 3 rings (SSSR count). The first-order chi connectivity index (χ1) is 13.0. The summed E-state index contributed by atoms with van der Waals surface area (Å²) in [5.41, 5.74) is 3.19. The minimum Gasteiger partial charge on any atom is -0.484 e. The van der Waals surface area contributed by atoms with Crippen molar-refractivity contribution in [2.75, 3.05) is 13.2 Å². The molecule has 0 saturated carbocycles. The standard InChI is InChI=1S/C21H23N3O3/c1-4-24(20(25)14-26-18-11-7-16(3)8-12-18)13-19-22-21(23-27-19)17-9-5-15(2)6-10-17/h5-12H,4,13-14H2,1-3H3. The van der Waals surface area contributed by atoms with E-state index in [-0.39, 0.29) is 19.1 Å². The molecule has 0 spiro atoms. The maximum absolute atomic E-state index is 12.4. The van der Waals surface area contributed by atoms with Crippen LogP contribution in [0, 0.1) is 13.8 Å². The number of benzene rings is 2. The topological polar surface area (TPSA) is 68.5 Å². The van der Waals surface area contributed by atoms with Crippen molar-refractivity contribution in [3.8, 4) is 17.1 Å². The van der Waals surface area contributed by atoms with Crippen LogP contribution < -0.4 is 4.74 Å². The molecular formula is C21H23N3O3. The van der Waals surface area contributed by atoms with Gasteiger partial charge in [0.05, 0.1) is 0 Å². The Morgan fingerprint density at radius 1 is 1.04 bits per heavy atom. The Morgan fingerprint density at radius 3 is 2.30 bits per heavy atom. The lowest BCUT2D eigenvalue weighted by atomic mass is 10.1. The van der Waals surface area contributed by atoms with Gasteiger partial charge in [0.1, 0.15) is 12.3 Å². The van der Waals surface area contributed by atoms with E-state index in [9.17, 15) is 4.79 Å². The Hall–Kier alpha value is -3.15. The van der Waals surface area contributed by atoms with Crippen LogP contribution in [-0.4, -0.2) is 34.1 Å². The lowest BCUT2D eigenvalue weighted by Crippen LogP contribution is -2.34. The number of nitrogens with zero attached hydrogens (tertiary/aromatic N) is 3. The number of hydrogen-bond donors (Lipinski definition) is 0. The molecule has 1 heterocycles. The third-order valence-electron chi connectivity index (χ3n) is 4.22. The van der Waals surface area contributed by atoms with Gasteiger partial charge in [0.2, 0.25) is 11.7 Å². The second-order valence-electron chi connectivity index (χ2n) is 6.39. The highest BCUT2D eigenvalue weighted by Gasteiger charge is 2.17. The van der Waals surface area contributed by atoms with Gasteiger partial charge in [-0.15, -0.1) is 0 Å². The highest BCUT2D eigenvalue weighted by atomic mass is 16.5. The lowest BCUT2D eigenvalue weighted by Gasteiger charge is -2.18. The summed E-state index contributed by atoms with van der Waals surface area (Å²) < 4.78 is 10.9. The quantitative estimate of drug-likeness (QED) is 0.637. The molecule has 0 atom stereocenters. The van der Waals surface area contributed by atoms with Crippen LogP contribution in [0.15, 0.2) is 53.1 Å². The van der Waals surface area contributed by atoms with E-state index in [1.807, 2.05) is 69.3 Å². The molecule has 0 aliphatic rings. The average molecular weight is 365 g/mol. The maximum atomic E-state index is 12.4. The highest BCUT2D eigenvalue weighted by Crippen LogP contribution is 2.17. The SMILES string of the molecule is CCN(Cc1nc(-c2ccc(C)cc2)no1)C(=O)COc1ccc(C)cc1. The predicted octanol–water partition coefficient (Wildman–Crippen LogP) is 3.78. The number of aryl methyl sites for hydroxylation is 2. The van der Waals surface area contributed by atoms with Gasteiger partial charge in [-0.2, -0.15) is 4.98 Å². The van der Waals surface area contributed by atoms with Crippen LogP contribution in [-0.2, 0) is 11.3 Å². The molecule has 27 heavy (non-hydrogen) atoms. The van der Waals surface area contributed by atoms with Gasteiger partial charge in [-0.05, 0) is 32.9 Å². The van der Waals surface area contributed by atoms with E-state index >= 15 is 0 Å². The molecule has 0 unspecified atom stereocenters. The van der Waals surface area contributed by atoms with E-state index in [4.69, 9.17) is 9.26 Å². The van der Waals surface area contributed by atoms with E-state index in [0.29, 0.717) is 24.0 Å². The van der Waals surface area contributed by atoms with E-state index in [1.54, 1.807) is 4.90 Å². The van der Waals surface area contributed by atoms with Crippen molar-refractivity contribution in [2.45, 2.75) is 27.3 Å². The number of rotatable bonds is 7. The minimum absolute atomic E-state index is 0.0319. The second-order valence-corrected chi connectivity index (χ2v) is 6.39. The third-order valence-corrected chi connectivity index (χ3v) is 4.22. The number of amides is 1. The van der Waals surface area contributed by atoms with Crippen molar-refractivity contribution in [1.82, 2.24) is 15.0 Å². The number of aromatic nitrogens is 2. The summed E-state index contributed by atoms with van der Waals surface area (Å²) in [6.45, 7) is 6.68. The average Bonchev–Trinajstić information content (AvgIpc) is 3.14. The van der Waals surface area contributed by atoms with Crippen LogP contribution >= 0.6 is 0 Å². The van der Waals surface area contributed by atoms with E-state index in [0.717, 1.165) is 11.1 Å². The second kappa shape index (κ2) is 8.49. The molecule has 1 amide bonds. The first kappa shape index (κ1) is 18.6. The zero-order chi connectivity index (χ0) is 19.2. The Labute approximate surface area is 158 Å². The van der Waals surface area contributed by atoms with Crippen molar-refractivity contribution in [1.29, 1.82) is 0 Å². The fourth-order valence-electron chi connectivity index (χ4n) is 2.55. The molecule has 3 aromatic rings. The zero-order valence-corrected chi connectivity index (χ0v) is 15.8. The molecule has 0 radical (unpaired) electrons. The summed E-state index contributed by atoms with van der Waals surface area (Å²) >= 11 is 0. The predicted molar refractivity (Wildman–Crippen MR) is 102 cm³/mol. The minimum atomic E-state index is -0.131. The van der Waals surface area contributed by atoms with Gasteiger partial charge in [-0.25, -0.2) is 0 Å². The van der Waals surface area contributed by atoms with E-state index in [1.165, 1.54) is 5.56 Å². The molecule has 6 heteroatoms. The molecule has 0 N–H and O–H groups in total. The largest absolute Gasteiger partial charge is 0.484 e. The van der Waals surface area contributed by atoms with Crippen LogP contribution in [0.2, 0.25) is 0 Å². The molecule has 0 fully saturated rings. The fourth-order valence-corrected chi connectivity index (χ4v) is 2.55. The monoisotopic (exact) mass is 365 g/mol. The summed E-state index contributed by atoms with van der Waals surface area (Å²) in [5, 5.41) is 4.01. The maximum Gasteiger partial charge on any atom is 0.260 e. The van der Waals surface area contributed by atoms with Crippen molar-refractivity contribution in [3.63, 3.8) is 0 Å². The molecule has 2 aromatic carbocycles. The van der Waals surface area contributed by atoms with Crippen molar-refractivity contribution >= 4 is 5.91 Å². The molecule has 0 aliphatic carbocycles. The number of likely N-dealkylation sites (N-methyl/N-ethyl adjacent to an activating group) is 1. The van der Waals surface area contributed by atoms with Crippen molar-refractivity contribution < 1.29 is 14.1 Å². The number of carbonyl (C=O) groups excluding carboxylic acids is 1. The summed E-state index contributed by atoms with van der Waals surface area (Å²) in [7, 11) is 0. The Balaban J connectivity index is 1.60. The molecule has 140 valence electrons. The van der Waals surface area contributed by atoms with Gasteiger partial charge >= 0.3 is 0 Å². The Morgan fingerprint density at radius 2 is 1.67 bits per heavy atom. The molecular weight excluding hydrogens is 342 g/mol. The summed E-state index contributed by atoms with van der Waals surface area (Å²) in [4.78, 5) is 18.5. The molecule has 0 aliphatic heterocycles. The van der Waals surface area contributed by atoms with Gasteiger partial charge in [-0.1, -0.05) is 52.7 Å². The van der Waals surface area contributed by atoms with Crippen LogP contribution in [0.5, 0.6) is 5.75 Å². The first-order valence-electron chi connectivity index (χ1n) is 8.92. The summed E-state index contributed by atoms with van der Waals surface area (Å²) in [6.07, 6.45) is 0. The molecule has 0 saturated heterocycles. The van der Waals surface area contributed by atoms with Gasteiger partial charge in [-0.3, -0.25) is 4.79 Å². The highest BCUT2D eigenvalue weighted by molar-refractivity contribution is 5.77. The van der Waals surface area contributed by atoms with Gasteiger partial charge in [0, 0.05) is 12.1 Å². The van der Waals surface area contributed by atoms with Crippen LogP contribution in [0.4, 0.5) is 0 Å². The summed E-state index contributed by atoms with van der Waals surface area (Å²) in [5.74, 6) is 1.46. The summed E-state index contributed by atoms with van der Waals surface area (Å²) in [6, 6.07) is 15.5. The number of carbonyl (C=O) groups is 1. The smallest absolute Gasteiger partial charge is 0.260 e. The Kier molecular flexibility index (Phi) is 5.86. The number of hydrogen-bond acceptors (Lipinski definition) is 5. The van der Waals surface area contributed by atoms with Gasteiger partial charge < -0.3 is 14.2 Å². The first-order valence-corrected chi connectivity index (χ1v) is 8.92. The van der Waals surface area contributed by atoms with E-state index in [2.05, 4.69) is 10.1 Å².